The lowest BCUT2D eigenvalue weighted by molar-refractivity contribution is 0.369. The fourth-order valence-electron chi connectivity index (χ4n) is 2.85. The minimum absolute atomic E-state index is 0.339. The Balaban J connectivity index is 1.63. The van der Waals surface area contributed by atoms with Crippen LogP contribution in [-0.2, 0) is 6.54 Å². The average molecular weight is 328 g/mol. The topological polar surface area (TPSA) is 79.8 Å². The van der Waals surface area contributed by atoms with E-state index < -0.39 is 0 Å². The Morgan fingerprint density at radius 2 is 2.04 bits per heavy atom. The molecule has 0 bridgehead atoms. The van der Waals surface area contributed by atoms with E-state index in [0.29, 0.717) is 12.3 Å². The van der Waals surface area contributed by atoms with Crippen molar-refractivity contribution >= 4 is 11.6 Å². The minimum atomic E-state index is 0.339. The predicted molar refractivity (Wildman–Crippen MR) is 95.3 cm³/mol. The van der Waals surface area contributed by atoms with Gasteiger partial charge in [0.15, 0.2) is 5.96 Å². The van der Waals surface area contributed by atoms with Crippen LogP contribution in [0.3, 0.4) is 0 Å². The summed E-state index contributed by atoms with van der Waals surface area (Å²) in [5.74, 6) is 1.26. The number of guanidine groups is 1. The maximum Gasteiger partial charge on any atom is 0.194 e. The molecular formula is C17H24N6O. The molecule has 1 aromatic heterocycles. The van der Waals surface area contributed by atoms with Crippen LogP contribution in [0.15, 0.2) is 41.5 Å². The van der Waals surface area contributed by atoms with Crippen molar-refractivity contribution < 1.29 is 5.11 Å². The third-order valence-corrected chi connectivity index (χ3v) is 4.09. The number of aliphatic imine (C=N–C) groups is 1. The first-order valence-electron chi connectivity index (χ1n) is 8.32. The summed E-state index contributed by atoms with van der Waals surface area (Å²) in [5, 5.41) is 20.3. The van der Waals surface area contributed by atoms with Gasteiger partial charge in [0, 0.05) is 38.9 Å². The Morgan fingerprint density at radius 3 is 2.71 bits per heavy atom. The maximum atomic E-state index is 10.0. The first-order chi connectivity index (χ1) is 11.8. The molecule has 7 nitrogen and oxygen atoms in total. The van der Waals surface area contributed by atoms with Gasteiger partial charge in [-0.05, 0) is 25.1 Å². The Bertz CT molecular complexity index is 661. The molecule has 1 aromatic carbocycles. The number of para-hydroxylation sites is 2. The summed E-state index contributed by atoms with van der Waals surface area (Å²) in [6.45, 7) is 6.93. The van der Waals surface area contributed by atoms with E-state index in [9.17, 15) is 5.11 Å². The number of benzene rings is 1. The number of nitrogens with zero attached hydrogens (tertiary/aromatic N) is 4. The van der Waals surface area contributed by atoms with Crippen molar-refractivity contribution in [2.45, 2.75) is 13.5 Å². The number of aromatic hydroxyl groups is 1. The number of aromatic amines is 1. The molecule has 1 aliphatic heterocycles. The van der Waals surface area contributed by atoms with Crippen molar-refractivity contribution in [1.29, 1.82) is 0 Å². The van der Waals surface area contributed by atoms with Crippen molar-refractivity contribution in [3.8, 4) is 5.75 Å². The predicted octanol–water partition coefficient (Wildman–Crippen LogP) is 1.40. The van der Waals surface area contributed by atoms with Crippen molar-refractivity contribution in [2.75, 3.05) is 37.6 Å². The van der Waals surface area contributed by atoms with Gasteiger partial charge in [-0.25, -0.2) is 4.99 Å². The molecule has 0 aliphatic carbocycles. The molecule has 128 valence electrons. The van der Waals surface area contributed by atoms with Gasteiger partial charge >= 0.3 is 0 Å². The molecule has 1 saturated heterocycles. The minimum Gasteiger partial charge on any atom is -0.506 e. The van der Waals surface area contributed by atoms with E-state index in [4.69, 9.17) is 0 Å². The summed E-state index contributed by atoms with van der Waals surface area (Å²) in [6.07, 6.45) is 1.74. The molecule has 0 spiro atoms. The molecule has 0 radical (unpaired) electrons. The number of piperazine rings is 1. The highest BCUT2D eigenvalue weighted by Crippen LogP contribution is 2.27. The molecule has 24 heavy (non-hydrogen) atoms. The van der Waals surface area contributed by atoms with Gasteiger partial charge in [0.1, 0.15) is 5.75 Å². The summed E-state index contributed by atoms with van der Waals surface area (Å²) >= 11 is 0. The van der Waals surface area contributed by atoms with E-state index in [1.165, 1.54) is 0 Å². The molecule has 3 rings (SSSR count). The quantitative estimate of drug-likeness (QED) is 0.584. The van der Waals surface area contributed by atoms with Gasteiger partial charge in [-0.3, -0.25) is 5.10 Å². The fourth-order valence-corrected chi connectivity index (χ4v) is 2.85. The van der Waals surface area contributed by atoms with Crippen LogP contribution in [0.25, 0.3) is 0 Å². The van der Waals surface area contributed by atoms with Crippen molar-refractivity contribution in [1.82, 2.24) is 20.4 Å². The number of phenolic OH excluding ortho intramolecular Hbond substituents is 1. The summed E-state index contributed by atoms with van der Waals surface area (Å²) in [5.41, 5.74) is 1.90. The number of phenols is 1. The number of H-pyrrole nitrogens is 1. The van der Waals surface area contributed by atoms with Gasteiger partial charge in [-0.1, -0.05) is 12.1 Å². The normalized spacial score (nSPS) is 15.6. The number of anilines is 1. The lowest BCUT2D eigenvalue weighted by Crippen LogP contribution is -2.52. The molecule has 0 saturated carbocycles. The molecule has 1 aliphatic rings. The third-order valence-electron chi connectivity index (χ3n) is 4.09. The lowest BCUT2D eigenvalue weighted by atomic mass is 10.2. The number of hydrogen-bond donors (Lipinski definition) is 3. The number of aromatic nitrogens is 2. The van der Waals surface area contributed by atoms with E-state index in [1.807, 2.05) is 24.3 Å². The maximum absolute atomic E-state index is 10.0. The van der Waals surface area contributed by atoms with Gasteiger partial charge in [0.05, 0.1) is 17.9 Å². The van der Waals surface area contributed by atoms with Crippen LogP contribution in [-0.4, -0.2) is 58.9 Å². The molecule has 7 heteroatoms. The lowest BCUT2D eigenvalue weighted by Gasteiger charge is -2.37. The SMILES string of the molecule is CCNC(=NCc1ccn[nH]1)N1CCN(c2ccccc2O)CC1. The Hall–Kier alpha value is -2.70. The second-order valence-corrected chi connectivity index (χ2v) is 5.71. The Morgan fingerprint density at radius 1 is 1.25 bits per heavy atom. The van der Waals surface area contributed by atoms with E-state index in [0.717, 1.165) is 50.1 Å². The van der Waals surface area contributed by atoms with Crippen LogP contribution in [0.2, 0.25) is 0 Å². The Kier molecular flexibility index (Phi) is 5.20. The largest absolute Gasteiger partial charge is 0.506 e. The highest BCUT2D eigenvalue weighted by atomic mass is 16.3. The second-order valence-electron chi connectivity index (χ2n) is 5.71. The molecule has 3 N–H and O–H groups in total. The fraction of sp³-hybridized carbons (Fsp3) is 0.412. The highest BCUT2D eigenvalue weighted by molar-refractivity contribution is 5.80. The van der Waals surface area contributed by atoms with Gasteiger partial charge in [-0.15, -0.1) is 0 Å². The van der Waals surface area contributed by atoms with Crippen LogP contribution in [0.5, 0.6) is 5.75 Å². The van der Waals surface area contributed by atoms with Crippen molar-refractivity contribution in [3.05, 3.63) is 42.2 Å². The number of nitrogens with one attached hydrogen (secondary N) is 2. The average Bonchev–Trinajstić information content (AvgIpc) is 3.13. The first kappa shape index (κ1) is 16.2. The summed E-state index contributed by atoms with van der Waals surface area (Å²) in [4.78, 5) is 9.16. The molecule has 0 atom stereocenters. The summed E-state index contributed by atoms with van der Waals surface area (Å²) in [6, 6.07) is 9.43. The molecule has 2 aromatic rings. The number of rotatable bonds is 4. The summed E-state index contributed by atoms with van der Waals surface area (Å²) < 4.78 is 0. The monoisotopic (exact) mass is 328 g/mol. The standard InChI is InChI=1S/C17H24N6O/c1-2-18-17(19-13-14-7-8-20-21-14)23-11-9-22(10-12-23)15-5-3-4-6-16(15)24/h3-8,24H,2,9-13H2,1H3,(H,18,19)(H,20,21). The molecular weight excluding hydrogens is 304 g/mol. The van der Waals surface area contributed by atoms with Crippen LogP contribution >= 0.6 is 0 Å². The zero-order chi connectivity index (χ0) is 16.8. The van der Waals surface area contributed by atoms with E-state index in [2.05, 4.69) is 37.2 Å². The van der Waals surface area contributed by atoms with Crippen LogP contribution in [0, 0.1) is 0 Å². The third kappa shape index (κ3) is 3.79. The van der Waals surface area contributed by atoms with E-state index in [1.54, 1.807) is 12.3 Å². The molecule has 1 fully saturated rings. The van der Waals surface area contributed by atoms with Gasteiger partial charge < -0.3 is 20.2 Å². The second kappa shape index (κ2) is 7.72. The Labute approximate surface area is 142 Å². The molecule has 0 amide bonds. The zero-order valence-corrected chi connectivity index (χ0v) is 13.9. The molecule has 2 heterocycles. The van der Waals surface area contributed by atoms with Gasteiger partial charge in [0.2, 0.25) is 0 Å². The van der Waals surface area contributed by atoms with Gasteiger partial charge in [0.25, 0.3) is 0 Å². The van der Waals surface area contributed by atoms with Crippen LogP contribution in [0.1, 0.15) is 12.6 Å². The van der Waals surface area contributed by atoms with Crippen molar-refractivity contribution in [2.24, 2.45) is 4.99 Å². The first-order valence-corrected chi connectivity index (χ1v) is 8.32. The summed E-state index contributed by atoms with van der Waals surface area (Å²) in [7, 11) is 0. The van der Waals surface area contributed by atoms with Gasteiger partial charge in [-0.2, -0.15) is 5.10 Å². The van der Waals surface area contributed by atoms with E-state index in [-0.39, 0.29) is 0 Å². The van der Waals surface area contributed by atoms with E-state index >= 15 is 0 Å². The van der Waals surface area contributed by atoms with Crippen LogP contribution in [0.4, 0.5) is 5.69 Å². The molecule has 0 unspecified atom stereocenters. The van der Waals surface area contributed by atoms with Crippen molar-refractivity contribution in [3.63, 3.8) is 0 Å². The smallest absolute Gasteiger partial charge is 0.194 e. The highest BCUT2D eigenvalue weighted by Gasteiger charge is 2.21. The number of hydrogen-bond acceptors (Lipinski definition) is 4. The van der Waals surface area contributed by atoms with Crippen LogP contribution < -0.4 is 10.2 Å². The zero-order valence-electron chi connectivity index (χ0n) is 13.9.